The molecule has 1 spiro atoms. The van der Waals surface area contributed by atoms with Crippen LogP contribution in [0.3, 0.4) is 0 Å². The molecule has 214 valence electrons. The van der Waals surface area contributed by atoms with E-state index in [0.29, 0.717) is 38.8 Å². The topological polar surface area (TPSA) is 72.9 Å². The predicted molar refractivity (Wildman–Crippen MR) is 166 cm³/mol. The van der Waals surface area contributed by atoms with Crippen molar-refractivity contribution in [3.8, 4) is 11.5 Å². The molecule has 3 aliphatic rings. The van der Waals surface area contributed by atoms with Gasteiger partial charge in [0.15, 0.2) is 17.3 Å². The van der Waals surface area contributed by atoms with E-state index in [-0.39, 0.29) is 17.3 Å². The van der Waals surface area contributed by atoms with Gasteiger partial charge in [-0.15, -0.1) is 0 Å². The SMILES string of the molecule is COc1ccc(OC)c([C@H]2[C@H](C(=O)c3ccc(C)cc3)N3c4ccc(Cl)cc4C=CC3C23C(=O)c2ccccc2C3=O)c1. The fourth-order valence-corrected chi connectivity index (χ4v) is 7.44. The highest BCUT2D eigenvalue weighted by atomic mass is 35.5. The fraction of sp³-hybridized carbons (Fsp3) is 0.194. The molecule has 0 saturated carbocycles. The minimum Gasteiger partial charge on any atom is -0.497 e. The van der Waals surface area contributed by atoms with Crippen LogP contribution in [-0.4, -0.2) is 43.7 Å². The van der Waals surface area contributed by atoms with Gasteiger partial charge in [-0.05, 0) is 48.9 Å². The Bertz CT molecular complexity index is 1830. The van der Waals surface area contributed by atoms with Crippen LogP contribution >= 0.6 is 11.6 Å². The molecule has 0 aromatic heterocycles. The fourth-order valence-electron chi connectivity index (χ4n) is 7.26. The summed E-state index contributed by atoms with van der Waals surface area (Å²) in [6, 6.07) is 23.4. The van der Waals surface area contributed by atoms with Crippen LogP contribution in [0.25, 0.3) is 6.08 Å². The van der Waals surface area contributed by atoms with Crippen LogP contribution in [-0.2, 0) is 0 Å². The van der Waals surface area contributed by atoms with Crippen molar-refractivity contribution in [1.29, 1.82) is 0 Å². The van der Waals surface area contributed by atoms with Crippen LogP contribution < -0.4 is 14.4 Å². The first-order valence-corrected chi connectivity index (χ1v) is 14.5. The van der Waals surface area contributed by atoms with Crippen LogP contribution in [0, 0.1) is 12.3 Å². The van der Waals surface area contributed by atoms with E-state index in [1.807, 2.05) is 48.2 Å². The minimum atomic E-state index is -1.65. The number of benzene rings is 4. The van der Waals surface area contributed by atoms with Gasteiger partial charge in [0, 0.05) is 38.9 Å². The minimum absolute atomic E-state index is 0.204. The van der Waals surface area contributed by atoms with Gasteiger partial charge in [0.25, 0.3) is 0 Å². The Morgan fingerprint density at radius 3 is 2.21 bits per heavy atom. The normalized spacial score (nSPS) is 21.0. The van der Waals surface area contributed by atoms with E-state index >= 15 is 0 Å². The number of methoxy groups -OCH3 is 2. The first kappa shape index (κ1) is 27.2. The Hall–Kier alpha value is -4.68. The maximum absolute atomic E-state index is 14.9. The number of Topliss-reactive ketones (excluding diaryl/α,β-unsaturated/α-hetero) is 3. The monoisotopic (exact) mass is 589 g/mol. The molecule has 0 N–H and O–H groups in total. The smallest absolute Gasteiger partial charge is 0.185 e. The van der Waals surface area contributed by atoms with E-state index in [2.05, 4.69) is 0 Å². The van der Waals surface area contributed by atoms with Crippen LogP contribution in [0.5, 0.6) is 11.5 Å². The Labute approximate surface area is 254 Å². The molecule has 2 heterocycles. The van der Waals surface area contributed by atoms with Gasteiger partial charge < -0.3 is 14.4 Å². The number of carbonyl (C=O) groups is 3. The van der Waals surface area contributed by atoms with Crippen molar-refractivity contribution in [2.24, 2.45) is 5.41 Å². The zero-order valence-corrected chi connectivity index (χ0v) is 24.6. The van der Waals surface area contributed by atoms with E-state index < -0.39 is 23.4 Å². The van der Waals surface area contributed by atoms with E-state index in [4.69, 9.17) is 21.1 Å². The zero-order valence-electron chi connectivity index (χ0n) is 23.8. The summed E-state index contributed by atoms with van der Waals surface area (Å²) in [4.78, 5) is 46.5. The Morgan fingerprint density at radius 1 is 0.860 bits per heavy atom. The quantitative estimate of drug-likeness (QED) is 0.185. The average Bonchev–Trinajstić information content (AvgIpc) is 3.46. The number of ketones is 3. The number of nitrogens with zero attached hydrogens (tertiary/aromatic N) is 1. The molecule has 1 saturated heterocycles. The summed E-state index contributed by atoms with van der Waals surface area (Å²) >= 11 is 6.40. The molecular weight excluding hydrogens is 562 g/mol. The summed E-state index contributed by atoms with van der Waals surface area (Å²) in [6.07, 6.45) is 3.77. The van der Waals surface area contributed by atoms with Crippen LogP contribution in [0.15, 0.2) is 91.0 Å². The molecule has 7 rings (SSSR count). The number of halogens is 1. The molecular formula is C36H28ClNO5. The molecule has 1 aliphatic carbocycles. The van der Waals surface area contributed by atoms with E-state index in [1.165, 1.54) is 0 Å². The highest BCUT2D eigenvalue weighted by Crippen LogP contribution is 2.62. The molecule has 0 amide bonds. The van der Waals surface area contributed by atoms with E-state index in [9.17, 15) is 14.4 Å². The Balaban J connectivity index is 1.58. The summed E-state index contributed by atoms with van der Waals surface area (Å²) in [5.41, 5.74) is 2.65. The number of rotatable bonds is 5. The second kappa shape index (κ2) is 9.96. The van der Waals surface area contributed by atoms with Gasteiger partial charge in [0.05, 0.1) is 20.3 Å². The third-order valence-corrected chi connectivity index (χ3v) is 9.38. The molecule has 4 aromatic rings. The first-order valence-electron chi connectivity index (χ1n) is 14.1. The highest BCUT2D eigenvalue weighted by Gasteiger charge is 2.72. The first-order chi connectivity index (χ1) is 20.8. The zero-order chi connectivity index (χ0) is 30.0. The lowest BCUT2D eigenvalue weighted by molar-refractivity contribution is 0.0664. The summed E-state index contributed by atoms with van der Waals surface area (Å²) in [5.74, 6) is -0.753. The number of hydrogen-bond acceptors (Lipinski definition) is 6. The van der Waals surface area contributed by atoms with Gasteiger partial charge >= 0.3 is 0 Å². The lowest BCUT2D eigenvalue weighted by Crippen LogP contribution is -2.48. The molecule has 3 atom stereocenters. The molecule has 2 aliphatic heterocycles. The molecule has 0 bridgehead atoms. The molecule has 7 heteroatoms. The number of aryl methyl sites for hydroxylation is 1. The maximum atomic E-state index is 14.9. The molecule has 1 fully saturated rings. The van der Waals surface area contributed by atoms with Gasteiger partial charge in [-0.25, -0.2) is 0 Å². The van der Waals surface area contributed by atoms with Crippen molar-refractivity contribution in [2.45, 2.75) is 24.9 Å². The van der Waals surface area contributed by atoms with Crippen molar-refractivity contribution in [3.63, 3.8) is 0 Å². The molecule has 4 aromatic carbocycles. The van der Waals surface area contributed by atoms with Gasteiger partial charge in [0.2, 0.25) is 0 Å². The number of carbonyl (C=O) groups excluding carboxylic acids is 3. The number of hydrogen-bond donors (Lipinski definition) is 0. The number of fused-ring (bicyclic) bond motifs is 5. The Morgan fingerprint density at radius 2 is 1.56 bits per heavy atom. The van der Waals surface area contributed by atoms with Gasteiger partial charge in [-0.2, -0.15) is 0 Å². The van der Waals surface area contributed by atoms with E-state index in [1.54, 1.807) is 74.9 Å². The molecule has 1 unspecified atom stereocenters. The van der Waals surface area contributed by atoms with Crippen molar-refractivity contribution in [3.05, 3.63) is 129 Å². The van der Waals surface area contributed by atoms with Crippen LogP contribution in [0.2, 0.25) is 5.02 Å². The van der Waals surface area contributed by atoms with Crippen LogP contribution in [0.1, 0.15) is 53.7 Å². The van der Waals surface area contributed by atoms with Gasteiger partial charge in [-0.3, -0.25) is 14.4 Å². The lowest BCUT2D eigenvalue weighted by atomic mass is 9.64. The second-order valence-electron chi connectivity index (χ2n) is 11.2. The molecule has 6 nitrogen and oxygen atoms in total. The third kappa shape index (κ3) is 3.76. The highest BCUT2D eigenvalue weighted by molar-refractivity contribution is 6.33. The maximum Gasteiger partial charge on any atom is 0.185 e. The molecule has 43 heavy (non-hydrogen) atoms. The number of ether oxygens (including phenoxy) is 2. The lowest BCUT2D eigenvalue weighted by Gasteiger charge is -2.37. The van der Waals surface area contributed by atoms with Crippen molar-refractivity contribution >= 4 is 40.7 Å². The predicted octanol–water partition coefficient (Wildman–Crippen LogP) is 6.98. The standard InChI is InChI=1S/C36H28ClNO5/c1-20-8-10-21(11-9-20)33(39)32-31(27-19-24(42-2)14-16-29(27)43-3)36(34(40)25-6-4-5-7-26(25)35(36)41)30-17-12-22-18-23(37)13-15-28(22)38(30)32/h4-19,30-32H,1-3H3/t30?,31-,32+/m0/s1. The van der Waals surface area contributed by atoms with Crippen molar-refractivity contribution in [1.82, 2.24) is 0 Å². The largest absolute Gasteiger partial charge is 0.497 e. The van der Waals surface area contributed by atoms with E-state index in [0.717, 1.165) is 16.8 Å². The number of anilines is 1. The Kier molecular flexibility index (Phi) is 6.29. The average molecular weight is 590 g/mol. The van der Waals surface area contributed by atoms with Gasteiger partial charge in [0.1, 0.15) is 23.0 Å². The molecule has 0 radical (unpaired) electrons. The second-order valence-corrected chi connectivity index (χ2v) is 11.7. The van der Waals surface area contributed by atoms with Crippen molar-refractivity contribution in [2.75, 3.05) is 19.1 Å². The third-order valence-electron chi connectivity index (χ3n) is 9.14. The van der Waals surface area contributed by atoms with Gasteiger partial charge in [-0.1, -0.05) is 77.8 Å². The van der Waals surface area contributed by atoms with Crippen LogP contribution in [0.4, 0.5) is 5.69 Å². The summed E-state index contributed by atoms with van der Waals surface area (Å²) in [7, 11) is 3.10. The summed E-state index contributed by atoms with van der Waals surface area (Å²) in [5, 5.41) is 0.545. The summed E-state index contributed by atoms with van der Waals surface area (Å²) < 4.78 is 11.5. The summed E-state index contributed by atoms with van der Waals surface area (Å²) in [6.45, 7) is 1.96. The van der Waals surface area contributed by atoms with Crippen molar-refractivity contribution < 1.29 is 23.9 Å².